The van der Waals surface area contributed by atoms with E-state index in [0.29, 0.717) is 6.54 Å². The molecule has 3 N–H and O–H groups in total. The van der Waals surface area contributed by atoms with Crippen LogP contribution in [-0.2, 0) is 0 Å². The molecule has 1 aliphatic carbocycles. The van der Waals surface area contributed by atoms with Crippen LogP contribution in [0, 0.1) is 0 Å². The summed E-state index contributed by atoms with van der Waals surface area (Å²) in [6.45, 7) is 9.16. The number of guanidine groups is 1. The second kappa shape index (κ2) is 10.2. The summed E-state index contributed by atoms with van der Waals surface area (Å²) in [5, 5.41) is 17.3. The fraction of sp³-hybridized carbons (Fsp3) is 0.947. The third-order valence-electron chi connectivity index (χ3n) is 5.52. The van der Waals surface area contributed by atoms with Crippen LogP contribution in [0.25, 0.3) is 0 Å². The summed E-state index contributed by atoms with van der Waals surface area (Å²) in [7, 11) is 0. The van der Waals surface area contributed by atoms with Gasteiger partial charge in [0, 0.05) is 25.7 Å². The Morgan fingerprint density at radius 2 is 1.96 bits per heavy atom. The molecule has 1 saturated heterocycles. The van der Waals surface area contributed by atoms with E-state index < -0.39 is 5.60 Å². The fourth-order valence-corrected chi connectivity index (χ4v) is 3.91. The number of nitrogens with one attached hydrogen (secondary N) is 2. The summed E-state index contributed by atoms with van der Waals surface area (Å²) < 4.78 is 0. The van der Waals surface area contributed by atoms with Crippen molar-refractivity contribution < 1.29 is 5.11 Å². The van der Waals surface area contributed by atoms with Crippen LogP contribution in [0.5, 0.6) is 0 Å². The number of rotatable bonds is 7. The van der Waals surface area contributed by atoms with Crippen LogP contribution in [0.2, 0.25) is 0 Å². The first-order chi connectivity index (χ1) is 11.6. The third kappa shape index (κ3) is 6.60. The van der Waals surface area contributed by atoms with Crippen LogP contribution >= 0.6 is 0 Å². The van der Waals surface area contributed by atoms with Crippen molar-refractivity contribution in [3.63, 3.8) is 0 Å². The molecule has 0 bridgehead atoms. The van der Waals surface area contributed by atoms with Crippen molar-refractivity contribution in [1.82, 2.24) is 15.5 Å². The molecule has 0 spiro atoms. The van der Waals surface area contributed by atoms with Crippen molar-refractivity contribution in [3.8, 4) is 0 Å². The summed E-state index contributed by atoms with van der Waals surface area (Å²) in [5.74, 6) is 0.850. The van der Waals surface area contributed by atoms with E-state index in [1.807, 2.05) is 0 Å². The number of piperidine rings is 1. The molecule has 2 rings (SSSR count). The van der Waals surface area contributed by atoms with E-state index in [1.165, 1.54) is 32.2 Å². The fourth-order valence-electron chi connectivity index (χ4n) is 3.91. The van der Waals surface area contributed by atoms with E-state index >= 15 is 0 Å². The number of likely N-dealkylation sites (tertiary alicyclic amines) is 1. The maximum atomic E-state index is 10.6. The minimum Gasteiger partial charge on any atom is -0.388 e. The summed E-state index contributed by atoms with van der Waals surface area (Å²) in [5.41, 5.74) is -0.580. The smallest absolute Gasteiger partial charge is 0.191 e. The van der Waals surface area contributed by atoms with E-state index in [0.717, 1.165) is 63.7 Å². The van der Waals surface area contributed by atoms with Crippen LogP contribution in [0.3, 0.4) is 0 Å². The molecule has 1 aliphatic heterocycles. The van der Waals surface area contributed by atoms with Gasteiger partial charge in [-0.25, -0.2) is 0 Å². The van der Waals surface area contributed by atoms with Gasteiger partial charge in [0.2, 0.25) is 0 Å². The highest BCUT2D eigenvalue weighted by atomic mass is 16.3. The predicted molar refractivity (Wildman–Crippen MR) is 102 cm³/mol. The van der Waals surface area contributed by atoms with Gasteiger partial charge < -0.3 is 20.6 Å². The van der Waals surface area contributed by atoms with E-state index in [-0.39, 0.29) is 0 Å². The van der Waals surface area contributed by atoms with Crippen molar-refractivity contribution in [2.24, 2.45) is 4.99 Å². The van der Waals surface area contributed by atoms with Crippen molar-refractivity contribution in [2.75, 3.05) is 32.7 Å². The lowest BCUT2D eigenvalue weighted by atomic mass is 9.85. The molecule has 0 radical (unpaired) electrons. The highest BCUT2D eigenvalue weighted by Gasteiger charge is 2.28. The molecule has 1 atom stereocenters. The van der Waals surface area contributed by atoms with Gasteiger partial charge in [0.25, 0.3) is 0 Å². The van der Waals surface area contributed by atoms with Crippen molar-refractivity contribution in [2.45, 2.75) is 83.3 Å². The normalized spacial score (nSPS) is 25.5. The van der Waals surface area contributed by atoms with Crippen LogP contribution in [0.4, 0.5) is 0 Å². The average molecular weight is 339 g/mol. The van der Waals surface area contributed by atoms with E-state index in [2.05, 4.69) is 34.4 Å². The Morgan fingerprint density at radius 1 is 1.17 bits per heavy atom. The van der Waals surface area contributed by atoms with Crippen LogP contribution < -0.4 is 10.6 Å². The van der Waals surface area contributed by atoms with Gasteiger partial charge in [-0.05, 0) is 52.5 Å². The zero-order valence-corrected chi connectivity index (χ0v) is 15.8. The van der Waals surface area contributed by atoms with Crippen molar-refractivity contribution >= 4 is 5.96 Å². The topological polar surface area (TPSA) is 59.9 Å². The van der Waals surface area contributed by atoms with Crippen molar-refractivity contribution in [1.29, 1.82) is 0 Å². The third-order valence-corrected chi connectivity index (χ3v) is 5.52. The predicted octanol–water partition coefficient (Wildman–Crippen LogP) is 2.50. The second-order valence-corrected chi connectivity index (χ2v) is 7.64. The Hall–Kier alpha value is -0.810. The summed E-state index contributed by atoms with van der Waals surface area (Å²) in [6, 6.07) is 0.737. The standard InChI is InChI=1S/C19H38N4O/c1-3-20-18(22-16-19(24)11-6-4-7-12-19)21-13-9-15-23-14-8-5-10-17(23)2/h17,24H,3-16H2,1-2H3,(H2,20,21,22). The lowest BCUT2D eigenvalue weighted by Crippen LogP contribution is -2.42. The number of hydrogen-bond donors (Lipinski definition) is 3. The Balaban J connectivity index is 1.70. The quantitative estimate of drug-likeness (QED) is 0.379. The van der Waals surface area contributed by atoms with Gasteiger partial charge in [-0.2, -0.15) is 0 Å². The molecule has 0 aromatic rings. The Labute approximate surface area is 148 Å². The molecule has 0 aromatic heterocycles. The zero-order chi connectivity index (χ0) is 17.3. The van der Waals surface area contributed by atoms with Gasteiger partial charge in [0.1, 0.15) is 0 Å². The molecular formula is C19H38N4O. The van der Waals surface area contributed by atoms with Crippen molar-refractivity contribution in [3.05, 3.63) is 0 Å². The Morgan fingerprint density at radius 3 is 2.67 bits per heavy atom. The molecular weight excluding hydrogens is 300 g/mol. The number of aliphatic imine (C=N–C) groups is 1. The molecule has 2 aliphatic rings. The lowest BCUT2D eigenvalue weighted by Gasteiger charge is -2.33. The molecule has 5 heteroatoms. The van der Waals surface area contributed by atoms with E-state index in [1.54, 1.807) is 0 Å². The first-order valence-corrected chi connectivity index (χ1v) is 10.1. The summed E-state index contributed by atoms with van der Waals surface area (Å²) in [6.07, 6.45) is 10.5. The Bertz CT molecular complexity index is 380. The number of hydrogen-bond acceptors (Lipinski definition) is 3. The van der Waals surface area contributed by atoms with Gasteiger partial charge in [-0.15, -0.1) is 0 Å². The molecule has 1 unspecified atom stereocenters. The first kappa shape index (κ1) is 19.5. The molecule has 1 saturated carbocycles. The van der Waals surface area contributed by atoms with Crippen LogP contribution in [0.1, 0.15) is 71.6 Å². The number of aliphatic hydroxyl groups is 1. The first-order valence-electron chi connectivity index (χ1n) is 10.1. The highest BCUT2D eigenvalue weighted by Crippen LogP contribution is 2.28. The van der Waals surface area contributed by atoms with Gasteiger partial charge >= 0.3 is 0 Å². The zero-order valence-electron chi connectivity index (χ0n) is 15.8. The van der Waals surface area contributed by atoms with Gasteiger partial charge in [0.15, 0.2) is 5.96 Å². The van der Waals surface area contributed by atoms with Gasteiger partial charge in [-0.3, -0.25) is 4.99 Å². The molecule has 0 aromatic carbocycles. The van der Waals surface area contributed by atoms with E-state index in [4.69, 9.17) is 0 Å². The monoisotopic (exact) mass is 338 g/mol. The van der Waals surface area contributed by atoms with Gasteiger partial charge in [0.05, 0.1) is 12.1 Å². The maximum absolute atomic E-state index is 10.6. The molecule has 5 nitrogen and oxygen atoms in total. The Kier molecular flexibility index (Phi) is 8.33. The molecule has 0 amide bonds. The highest BCUT2D eigenvalue weighted by molar-refractivity contribution is 5.79. The molecule has 24 heavy (non-hydrogen) atoms. The second-order valence-electron chi connectivity index (χ2n) is 7.64. The van der Waals surface area contributed by atoms with Crippen LogP contribution in [0.15, 0.2) is 4.99 Å². The minimum atomic E-state index is -0.580. The lowest BCUT2D eigenvalue weighted by molar-refractivity contribution is 0.0131. The molecule has 1 heterocycles. The number of nitrogens with zero attached hydrogens (tertiary/aromatic N) is 2. The summed E-state index contributed by atoms with van der Waals surface area (Å²) in [4.78, 5) is 7.25. The molecule has 2 fully saturated rings. The molecule has 140 valence electrons. The average Bonchev–Trinajstić information content (AvgIpc) is 2.58. The largest absolute Gasteiger partial charge is 0.388 e. The minimum absolute atomic E-state index is 0.519. The van der Waals surface area contributed by atoms with Crippen LogP contribution in [-0.4, -0.2) is 60.3 Å². The summed E-state index contributed by atoms with van der Waals surface area (Å²) >= 11 is 0. The van der Waals surface area contributed by atoms with Gasteiger partial charge in [-0.1, -0.05) is 25.7 Å². The maximum Gasteiger partial charge on any atom is 0.191 e. The SMILES string of the molecule is CCNC(=NCC1(O)CCCCC1)NCCCN1CCCCC1C. The van der Waals surface area contributed by atoms with E-state index in [9.17, 15) is 5.11 Å².